The van der Waals surface area contributed by atoms with Gasteiger partial charge in [0.1, 0.15) is 11.5 Å². The summed E-state index contributed by atoms with van der Waals surface area (Å²) in [7, 11) is 0. The minimum atomic E-state index is 0.348. The maximum atomic E-state index is 9.35. The molecule has 0 heterocycles. The van der Waals surface area contributed by atoms with Crippen molar-refractivity contribution in [1.29, 1.82) is 0 Å². The van der Waals surface area contributed by atoms with Crippen LogP contribution in [0.4, 0.5) is 0 Å². The first-order valence-corrected chi connectivity index (χ1v) is 4.14. The molecule has 12 heavy (non-hydrogen) atoms. The molecule has 66 valence electrons. The highest BCUT2D eigenvalue weighted by Gasteiger charge is 2.02. The number of hydrogen-bond acceptors (Lipinski definition) is 2. The van der Waals surface area contributed by atoms with Crippen molar-refractivity contribution in [3.8, 4) is 0 Å². The Kier molecular flexibility index (Phi) is 2.97. The van der Waals surface area contributed by atoms with Gasteiger partial charge in [-0.05, 0) is 44.1 Å². The van der Waals surface area contributed by atoms with E-state index in [9.17, 15) is 5.11 Å². The summed E-state index contributed by atoms with van der Waals surface area (Å²) in [5.41, 5.74) is 0.854. The number of ether oxygens (including phenoxy) is 1. The first kappa shape index (κ1) is 8.91. The predicted molar refractivity (Wildman–Crippen MR) is 48.8 cm³/mol. The van der Waals surface area contributed by atoms with Gasteiger partial charge in [0, 0.05) is 0 Å². The zero-order valence-corrected chi connectivity index (χ0v) is 7.50. The Morgan fingerprint density at radius 2 is 2.25 bits per heavy atom. The second kappa shape index (κ2) is 4.00. The highest BCUT2D eigenvalue weighted by atomic mass is 16.5. The summed E-state index contributed by atoms with van der Waals surface area (Å²) in [4.78, 5) is 0. The first-order chi connectivity index (χ1) is 5.74. The van der Waals surface area contributed by atoms with Crippen molar-refractivity contribution in [2.24, 2.45) is 0 Å². The van der Waals surface area contributed by atoms with E-state index in [0.29, 0.717) is 12.4 Å². The molecule has 2 nitrogen and oxygen atoms in total. The van der Waals surface area contributed by atoms with Gasteiger partial charge < -0.3 is 9.84 Å². The third-order valence-electron chi connectivity index (χ3n) is 1.70. The molecule has 0 spiro atoms. The number of allylic oxidation sites excluding steroid dienone is 4. The van der Waals surface area contributed by atoms with Gasteiger partial charge in [-0.25, -0.2) is 0 Å². The van der Waals surface area contributed by atoms with Crippen molar-refractivity contribution in [3.05, 3.63) is 35.3 Å². The number of rotatable bonds is 2. The van der Waals surface area contributed by atoms with Crippen LogP contribution in [0.1, 0.15) is 20.3 Å². The van der Waals surface area contributed by atoms with E-state index in [1.165, 1.54) is 0 Å². The van der Waals surface area contributed by atoms with Gasteiger partial charge in [-0.3, -0.25) is 0 Å². The zero-order chi connectivity index (χ0) is 8.97. The Hall–Kier alpha value is -1.18. The summed E-state index contributed by atoms with van der Waals surface area (Å²) >= 11 is 0. The quantitative estimate of drug-likeness (QED) is 0.683. The van der Waals surface area contributed by atoms with E-state index >= 15 is 0 Å². The molecule has 2 heteroatoms. The van der Waals surface area contributed by atoms with Crippen LogP contribution >= 0.6 is 0 Å². The molecular formula is C10H14O2. The van der Waals surface area contributed by atoms with E-state index in [0.717, 1.165) is 17.8 Å². The Balaban J connectivity index is 2.76. The number of aliphatic hydroxyl groups excluding tert-OH is 1. The largest absolute Gasteiger partial charge is 0.508 e. The summed E-state index contributed by atoms with van der Waals surface area (Å²) in [6.45, 7) is 4.47. The van der Waals surface area contributed by atoms with Crippen molar-refractivity contribution in [2.45, 2.75) is 20.3 Å². The molecule has 0 aromatic heterocycles. The van der Waals surface area contributed by atoms with Crippen LogP contribution in [0.15, 0.2) is 35.3 Å². The van der Waals surface area contributed by atoms with E-state index in [-0.39, 0.29) is 0 Å². The van der Waals surface area contributed by atoms with Crippen molar-refractivity contribution >= 4 is 0 Å². The minimum Gasteiger partial charge on any atom is -0.508 e. The van der Waals surface area contributed by atoms with Crippen LogP contribution in [0.3, 0.4) is 0 Å². The second-order valence-electron chi connectivity index (χ2n) is 2.69. The third kappa shape index (κ3) is 2.16. The third-order valence-corrected chi connectivity index (χ3v) is 1.70. The van der Waals surface area contributed by atoms with Gasteiger partial charge in [0.05, 0.1) is 6.61 Å². The standard InChI is InChI=1S/C10H14O2/c1-3-12-9-5-4-6-10(11)8(2)7-9/h5-7,11H,3-4H2,1-2H3. The van der Waals surface area contributed by atoms with Gasteiger partial charge >= 0.3 is 0 Å². The molecular weight excluding hydrogens is 152 g/mol. The molecule has 0 saturated carbocycles. The highest BCUT2D eigenvalue weighted by Crippen LogP contribution is 2.16. The molecule has 0 fully saturated rings. The summed E-state index contributed by atoms with van der Waals surface area (Å²) in [5.74, 6) is 1.19. The van der Waals surface area contributed by atoms with Crippen LogP contribution in [-0.2, 0) is 4.74 Å². The lowest BCUT2D eigenvalue weighted by Crippen LogP contribution is -1.89. The molecule has 0 amide bonds. The van der Waals surface area contributed by atoms with Gasteiger partial charge in [0.2, 0.25) is 0 Å². The molecule has 0 atom stereocenters. The van der Waals surface area contributed by atoms with Crippen molar-refractivity contribution < 1.29 is 9.84 Å². The molecule has 1 aliphatic carbocycles. The van der Waals surface area contributed by atoms with Gasteiger partial charge in [0.25, 0.3) is 0 Å². The van der Waals surface area contributed by atoms with Crippen LogP contribution < -0.4 is 0 Å². The molecule has 1 aliphatic rings. The van der Waals surface area contributed by atoms with Gasteiger partial charge in [-0.15, -0.1) is 0 Å². The summed E-state index contributed by atoms with van der Waals surface area (Å²) in [6, 6.07) is 0. The normalized spacial score (nSPS) is 17.3. The average Bonchev–Trinajstić information content (AvgIpc) is 2.16. The SMILES string of the molecule is CCOC1=CCC=C(O)C(C)=C1. The lowest BCUT2D eigenvalue weighted by molar-refractivity contribution is 0.241. The van der Waals surface area contributed by atoms with E-state index in [1.807, 2.05) is 26.0 Å². The van der Waals surface area contributed by atoms with Crippen LogP contribution in [0.5, 0.6) is 0 Å². The van der Waals surface area contributed by atoms with Crippen LogP contribution in [0.25, 0.3) is 0 Å². The maximum absolute atomic E-state index is 9.35. The molecule has 0 radical (unpaired) electrons. The molecule has 0 aromatic rings. The predicted octanol–water partition coefficient (Wildman–Crippen LogP) is 2.70. The lowest BCUT2D eigenvalue weighted by Gasteiger charge is -2.02. The summed E-state index contributed by atoms with van der Waals surface area (Å²) < 4.78 is 5.32. The zero-order valence-electron chi connectivity index (χ0n) is 7.50. The summed E-state index contributed by atoms with van der Waals surface area (Å²) in [5, 5.41) is 9.35. The summed E-state index contributed by atoms with van der Waals surface area (Å²) in [6.07, 6.45) is 6.31. The van der Waals surface area contributed by atoms with E-state index in [4.69, 9.17) is 4.74 Å². The van der Waals surface area contributed by atoms with Crippen molar-refractivity contribution in [3.63, 3.8) is 0 Å². The van der Waals surface area contributed by atoms with E-state index in [2.05, 4.69) is 0 Å². The molecule has 1 N–H and O–H groups in total. The highest BCUT2D eigenvalue weighted by molar-refractivity contribution is 5.32. The Morgan fingerprint density at radius 3 is 2.92 bits per heavy atom. The smallest absolute Gasteiger partial charge is 0.116 e. The first-order valence-electron chi connectivity index (χ1n) is 4.14. The van der Waals surface area contributed by atoms with Crippen LogP contribution in [0.2, 0.25) is 0 Å². The molecule has 0 saturated heterocycles. The maximum Gasteiger partial charge on any atom is 0.116 e. The Morgan fingerprint density at radius 1 is 1.50 bits per heavy atom. The monoisotopic (exact) mass is 166 g/mol. The average molecular weight is 166 g/mol. The van der Waals surface area contributed by atoms with Crippen LogP contribution in [-0.4, -0.2) is 11.7 Å². The molecule has 1 rings (SSSR count). The Labute approximate surface area is 72.9 Å². The van der Waals surface area contributed by atoms with E-state index in [1.54, 1.807) is 6.08 Å². The number of aliphatic hydroxyl groups is 1. The van der Waals surface area contributed by atoms with Crippen LogP contribution in [0, 0.1) is 0 Å². The molecule has 0 unspecified atom stereocenters. The van der Waals surface area contributed by atoms with E-state index < -0.39 is 0 Å². The topological polar surface area (TPSA) is 29.5 Å². The van der Waals surface area contributed by atoms with Gasteiger partial charge in [0.15, 0.2) is 0 Å². The molecule has 0 bridgehead atoms. The minimum absolute atomic E-state index is 0.348. The van der Waals surface area contributed by atoms with Crippen molar-refractivity contribution in [2.75, 3.05) is 6.61 Å². The number of hydrogen-bond donors (Lipinski definition) is 1. The fraction of sp³-hybridized carbons (Fsp3) is 0.400. The Bertz CT molecular complexity index is 247. The second-order valence-corrected chi connectivity index (χ2v) is 2.69. The van der Waals surface area contributed by atoms with Crippen molar-refractivity contribution in [1.82, 2.24) is 0 Å². The van der Waals surface area contributed by atoms with Gasteiger partial charge in [-0.1, -0.05) is 0 Å². The van der Waals surface area contributed by atoms with Gasteiger partial charge in [-0.2, -0.15) is 0 Å². The lowest BCUT2D eigenvalue weighted by atomic mass is 10.2. The molecule has 0 aromatic carbocycles. The fourth-order valence-corrected chi connectivity index (χ4v) is 1.06. The molecule has 0 aliphatic heterocycles. The fourth-order valence-electron chi connectivity index (χ4n) is 1.06.